The number of carbonyl (C=O) groups is 2. The molecule has 1 amide bonds. The predicted molar refractivity (Wildman–Crippen MR) is 113 cm³/mol. The van der Waals surface area contributed by atoms with Gasteiger partial charge in [0, 0.05) is 48.9 Å². The van der Waals surface area contributed by atoms with Crippen LogP contribution in [0.1, 0.15) is 42.0 Å². The van der Waals surface area contributed by atoms with Crippen molar-refractivity contribution in [1.82, 2.24) is 14.8 Å². The van der Waals surface area contributed by atoms with Crippen LogP contribution in [0.15, 0.2) is 6.20 Å². The lowest BCUT2D eigenvalue weighted by molar-refractivity contribution is -0.192. The number of likely N-dealkylation sites (tertiary alicyclic amines) is 2. The second-order valence-electron chi connectivity index (χ2n) is 8.18. The minimum absolute atomic E-state index is 0.0599. The van der Waals surface area contributed by atoms with Gasteiger partial charge in [0.15, 0.2) is 0 Å². The second kappa shape index (κ2) is 10.5. The lowest BCUT2D eigenvalue weighted by atomic mass is 9.88. The number of rotatable bonds is 5. The largest absolute Gasteiger partial charge is 0.490 e. The Morgan fingerprint density at radius 2 is 1.94 bits per heavy atom. The van der Waals surface area contributed by atoms with Gasteiger partial charge in [-0.05, 0) is 39.2 Å². The molecule has 0 radical (unpaired) electrons. The summed E-state index contributed by atoms with van der Waals surface area (Å²) in [4.78, 5) is 31.2. The van der Waals surface area contributed by atoms with E-state index in [0.717, 1.165) is 50.3 Å². The number of hydrogen-bond acceptors (Lipinski definition) is 7. The summed E-state index contributed by atoms with van der Waals surface area (Å²) in [6.07, 6.45) is 2.48. The highest BCUT2D eigenvalue weighted by atomic mass is 32.2. The van der Waals surface area contributed by atoms with Crippen LogP contribution < -0.4 is 0 Å². The van der Waals surface area contributed by atoms with Gasteiger partial charge in [-0.2, -0.15) is 13.2 Å². The minimum atomic E-state index is -5.08. The van der Waals surface area contributed by atoms with Crippen molar-refractivity contribution in [3.63, 3.8) is 0 Å². The van der Waals surface area contributed by atoms with Gasteiger partial charge in [0.2, 0.25) is 5.91 Å². The molecule has 1 aromatic rings. The van der Waals surface area contributed by atoms with Crippen molar-refractivity contribution in [1.29, 1.82) is 0 Å². The van der Waals surface area contributed by atoms with E-state index in [0.29, 0.717) is 13.0 Å². The van der Waals surface area contributed by atoms with Crippen molar-refractivity contribution < 1.29 is 36.3 Å². The predicted octanol–water partition coefficient (Wildman–Crippen LogP) is 2.48. The molecule has 1 unspecified atom stereocenters. The van der Waals surface area contributed by atoms with Crippen LogP contribution in [0.4, 0.5) is 13.2 Å². The van der Waals surface area contributed by atoms with Crippen LogP contribution in [-0.2, 0) is 26.0 Å². The fourth-order valence-corrected chi connectivity index (χ4v) is 5.46. The Labute approximate surface area is 189 Å². The molecule has 2 aliphatic rings. The minimum Gasteiger partial charge on any atom is -0.475 e. The van der Waals surface area contributed by atoms with Crippen LogP contribution in [0, 0.1) is 6.92 Å². The zero-order valence-electron chi connectivity index (χ0n) is 18.0. The smallest absolute Gasteiger partial charge is 0.475 e. The molecular weight excluding hydrogens is 471 g/mol. The third kappa shape index (κ3) is 7.69. The summed E-state index contributed by atoms with van der Waals surface area (Å²) in [5, 5.41) is 8.22. The highest BCUT2D eigenvalue weighted by Gasteiger charge is 2.45. The van der Waals surface area contributed by atoms with E-state index < -0.39 is 22.0 Å². The second-order valence-corrected chi connectivity index (χ2v) is 11.8. The summed E-state index contributed by atoms with van der Waals surface area (Å²) in [5.74, 6) is -2.58. The fraction of sp³-hybridized carbons (Fsp3) is 0.737. The van der Waals surface area contributed by atoms with Gasteiger partial charge in [-0.3, -0.25) is 9.69 Å². The van der Waals surface area contributed by atoms with Crippen molar-refractivity contribution in [3.05, 3.63) is 16.1 Å². The highest BCUT2D eigenvalue weighted by Crippen LogP contribution is 2.39. The van der Waals surface area contributed by atoms with Crippen molar-refractivity contribution in [3.8, 4) is 0 Å². The molecule has 8 nitrogen and oxygen atoms in total. The Balaban J connectivity index is 0.000000451. The van der Waals surface area contributed by atoms with Gasteiger partial charge in [0.25, 0.3) is 0 Å². The Morgan fingerprint density at radius 1 is 1.28 bits per heavy atom. The Kier molecular flexibility index (Phi) is 8.68. The molecule has 1 spiro atoms. The molecule has 0 aromatic carbocycles. The average molecular weight is 500 g/mol. The number of halogens is 3. The number of carbonyl (C=O) groups excluding carboxylic acids is 1. The Bertz CT molecular complexity index is 920. The zero-order valence-corrected chi connectivity index (χ0v) is 19.7. The van der Waals surface area contributed by atoms with Crippen LogP contribution in [0.2, 0.25) is 0 Å². The van der Waals surface area contributed by atoms with E-state index in [1.807, 2.05) is 18.0 Å². The molecule has 13 heteroatoms. The Morgan fingerprint density at radius 3 is 2.47 bits per heavy atom. The molecule has 2 fully saturated rings. The van der Waals surface area contributed by atoms with E-state index in [1.54, 1.807) is 11.3 Å². The van der Waals surface area contributed by atoms with Gasteiger partial charge in [0.05, 0.1) is 10.8 Å². The summed E-state index contributed by atoms with van der Waals surface area (Å²) >= 11 is 1.74. The molecule has 0 saturated carbocycles. The number of thiazole rings is 1. The third-order valence-electron chi connectivity index (χ3n) is 5.66. The number of carboxylic acids is 1. The third-order valence-corrected chi connectivity index (χ3v) is 7.49. The van der Waals surface area contributed by atoms with Gasteiger partial charge in [0.1, 0.15) is 9.84 Å². The monoisotopic (exact) mass is 499 g/mol. The van der Waals surface area contributed by atoms with Crippen molar-refractivity contribution in [2.75, 3.05) is 31.6 Å². The first kappa shape index (κ1) is 26.5. The van der Waals surface area contributed by atoms with Crippen molar-refractivity contribution >= 4 is 33.1 Å². The van der Waals surface area contributed by atoms with Gasteiger partial charge >= 0.3 is 12.1 Å². The zero-order chi connectivity index (χ0) is 24.2. The molecule has 0 bridgehead atoms. The van der Waals surface area contributed by atoms with Gasteiger partial charge in [-0.1, -0.05) is 0 Å². The summed E-state index contributed by atoms with van der Waals surface area (Å²) in [6.45, 7) is 5.24. The van der Waals surface area contributed by atoms with E-state index >= 15 is 0 Å². The summed E-state index contributed by atoms with van der Waals surface area (Å²) in [6, 6.07) is 0. The van der Waals surface area contributed by atoms with E-state index in [9.17, 15) is 26.4 Å². The quantitative estimate of drug-likeness (QED) is 0.663. The number of amides is 1. The molecule has 3 rings (SSSR count). The number of aliphatic carboxylic acids is 1. The summed E-state index contributed by atoms with van der Waals surface area (Å²) in [7, 11) is -3.06. The van der Waals surface area contributed by atoms with Gasteiger partial charge < -0.3 is 10.0 Å². The van der Waals surface area contributed by atoms with Crippen LogP contribution in [-0.4, -0.2) is 83.5 Å². The molecule has 1 aromatic heterocycles. The SMILES string of the molecule is Cc1ncc(CN2CCCC3(CCC(=O)N3CCS(C)(=O)=O)CC2)s1.O=C(O)C(F)(F)F. The maximum atomic E-state index is 12.4. The molecule has 1 atom stereocenters. The number of aryl methyl sites for hydroxylation is 1. The van der Waals surface area contributed by atoms with Crippen molar-refractivity contribution in [2.24, 2.45) is 0 Å². The molecular formula is C19H28F3N3O5S2. The first-order valence-corrected chi connectivity index (χ1v) is 13.0. The normalized spacial score (nSPS) is 22.5. The number of nitrogens with zero attached hydrogens (tertiary/aromatic N) is 3. The first-order chi connectivity index (χ1) is 14.7. The maximum absolute atomic E-state index is 12.4. The van der Waals surface area contributed by atoms with Gasteiger partial charge in [-0.15, -0.1) is 11.3 Å². The van der Waals surface area contributed by atoms with E-state index in [4.69, 9.17) is 9.90 Å². The highest BCUT2D eigenvalue weighted by molar-refractivity contribution is 7.90. The molecule has 2 saturated heterocycles. The topological polar surface area (TPSA) is 108 Å². The van der Waals surface area contributed by atoms with E-state index in [2.05, 4.69) is 9.88 Å². The van der Waals surface area contributed by atoms with Crippen LogP contribution in [0.3, 0.4) is 0 Å². The van der Waals surface area contributed by atoms with E-state index in [-0.39, 0.29) is 17.2 Å². The molecule has 182 valence electrons. The molecule has 2 aliphatic heterocycles. The molecule has 1 N–H and O–H groups in total. The lowest BCUT2D eigenvalue weighted by Crippen LogP contribution is -2.48. The lowest BCUT2D eigenvalue weighted by Gasteiger charge is -2.38. The molecule has 3 heterocycles. The number of hydrogen-bond donors (Lipinski definition) is 1. The van der Waals surface area contributed by atoms with Crippen LogP contribution in [0.25, 0.3) is 0 Å². The Hall–Kier alpha value is -1.73. The van der Waals surface area contributed by atoms with Crippen molar-refractivity contribution in [2.45, 2.75) is 57.3 Å². The summed E-state index contributed by atoms with van der Waals surface area (Å²) in [5.41, 5.74) is -0.139. The van der Waals surface area contributed by atoms with Crippen LogP contribution >= 0.6 is 11.3 Å². The summed E-state index contributed by atoms with van der Waals surface area (Å²) < 4.78 is 54.8. The average Bonchev–Trinajstić information content (AvgIpc) is 3.12. The first-order valence-electron chi connectivity index (χ1n) is 10.1. The van der Waals surface area contributed by atoms with Gasteiger partial charge in [-0.25, -0.2) is 18.2 Å². The number of aromatic nitrogens is 1. The maximum Gasteiger partial charge on any atom is 0.490 e. The fourth-order valence-electron chi connectivity index (χ4n) is 4.10. The van der Waals surface area contributed by atoms with E-state index in [1.165, 1.54) is 11.1 Å². The molecule has 32 heavy (non-hydrogen) atoms. The number of carboxylic acid groups (broad SMARTS) is 1. The molecule has 0 aliphatic carbocycles. The van der Waals surface area contributed by atoms with Crippen LogP contribution in [0.5, 0.6) is 0 Å². The number of alkyl halides is 3. The number of sulfone groups is 1. The standard InChI is InChI=1S/C17H27N3O3S2.C2HF3O2/c1-14-18-12-15(24-14)13-19-8-3-5-17(7-9-19)6-4-16(21)20(17)10-11-25(2,22)23;3-2(4,5)1(6)7/h12H,3-11,13H2,1-2H3;(H,6,7).